The number of rotatable bonds is 4. The van der Waals surface area contributed by atoms with Gasteiger partial charge < -0.3 is 20.1 Å². The van der Waals surface area contributed by atoms with E-state index in [1.165, 1.54) is 0 Å². The molecule has 2 rings (SSSR count). The number of hydrogen-bond donors (Lipinski definition) is 2. The first-order valence-electron chi connectivity index (χ1n) is 6.97. The van der Waals surface area contributed by atoms with Crippen LogP contribution in [0.3, 0.4) is 0 Å². The van der Waals surface area contributed by atoms with E-state index in [2.05, 4.69) is 5.32 Å². The highest BCUT2D eigenvalue weighted by Crippen LogP contribution is 2.20. The maximum absolute atomic E-state index is 12.2. The second kappa shape index (κ2) is 6.58. The molecule has 1 aliphatic rings. The van der Waals surface area contributed by atoms with Crippen molar-refractivity contribution in [3.05, 3.63) is 29.8 Å². The minimum Gasteiger partial charge on any atom is -0.478 e. The number of nitrogens with one attached hydrogen (secondary N) is 1. The predicted molar refractivity (Wildman–Crippen MR) is 78.6 cm³/mol. The van der Waals surface area contributed by atoms with Gasteiger partial charge in [0.2, 0.25) is 5.91 Å². The summed E-state index contributed by atoms with van der Waals surface area (Å²) in [5, 5.41) is 11.8. The number of nitrogens with zero attached hydrogens (tertiary/aromatic N) is 1. The minimum absolute atomic E-state index is 0.0654. The number of carbonyl (C=O) groups excluding carboxylic acids is 1. The van der Waals surface area contributed by atoms with Crippen molar-refractivity contribution in [2.75, 3.05) is 24.7 Å². The van der Waals surface area contributed by atoms with Gasteiger partial charge in [0.25, 0.3) is 0 Å². The van der Waals surface area contributed by atoms with Crippen LogP contribution in [0.1, 0.15) is 24.2 Å². The van der Waals surface area contributed by atoms with Crippen molar-refractivity contribution in [2.45, 2.75) is 25.9 Å². The number of carboxylic acids is 1. The summed E-state index contributed by atoms with van der Waals surface area (Å²) in [6.07, 6.45) is 0. The zero-order valence-corrected chi connectivity index (χ0v) is 12.2. The standard InChI is InChI=1S/C15H20N2O4/c1-10(2)16-14(18)13-9-21-8-7-17(13)12-5-3-11(4-6-12)15(19)20/h3-6,10,13H,7-9H2,1-2H3,(H,16,18)(H,19,20). The first-order valence-corrected chi connectivity index (χ1v) is 6.97. The maximum atomic E-state index is 12.2. The average Bonchev–Trinajstić information content (AvgIpc) is 2.46. The topological polar surface area (TPSA) is 78.9 Å². The van der Waals surface area contributed by atoms with Crippen LogP contribution in [-0.4, -0.2) is 48.8 Å². The average molecular weight is 292 g/mol. The Hall–Kier alpha value is -2.08. The van der Waals surface area contributed by atoms with Gasteiger partial charge >= 0.3 is 5.97 Å². The zero-order valence-electron chi connectivity index (χ0n) is 12.2. The fraction of sp³-hybridized carbons (Fsp3) is 0.467. The Labute approximate surface area is 123 Å². The SMILES string of the molecule is CC(C)NC(=O)C1COCCN1c1ccc(C(=O)O)cc1. The van der Waals surface area contributed by atoms with Crippen molar-refractivity contribution in [3.8, 4) is 0 Å². The Balaban J connectivity index is 2.18. The van der Waals surface area contributed by atoms with Crippen LogP contribution in [0.2, 0.25) is 0 Å². The van der Waals surface area contributed by atoms with Gasteiger partial charge in [0, 0.05) is 18.3 Å². The van der Waals surface area contributed by atoms with Gasteiger partial charge in [-0.1, -0.05) is 0 Å². The molecule has 6 nitrogen and oxygen atoms in total. The lowest BCUT2D eigenvalue weighted by Crippen LogP contribution is -2.55. The summed E-state index contributed by atoms with van der Waals surface area (Å²) in [7, 11) is 0. The van der Waals surface area contributed by atoms with Crippen molar-refractivity contribution < 1.29 is 19.4 Å². The Bertz CT molecular complexity index is 513. The molecule has 0 spiro atoms. The molecule has 1 saturated heterocycles. The molecule has 21 heavy (non-hydrogen) atoms. The molecular weight excluding hydrogens is 272 g/mol. The van der Waals surface area contributed by atoms with Crippen LogP contribution in [0, 0.1) is 0 Å². The van der Waals surface area contributed by atoms with Gasteiger partial charge in [-0.25, -0.2) is 4.79 Å². The lowest BCUT2D eigenvalue weighted by atomic mass is 10.1. The van der Waals surface area contributed by atoms with E-state index in [1.807, 2.05) is 18.7 Å². The number of carbonyl (C=O) groups is 2. The van der Waals surface area contributed by atoms with Crippen molar-refractivity contribution in [3.63, 3.8) is 0 Å². The van der Waals surface area contributed by atoms with E-state index >= 15 is 0 Å². The maximum Gasteiger partial charge on any atom is 0.335 e. The van der Waals surface area contributed by atoms with Crippen molar-refractivity contribution in [1.29, 1.82) is 0 Å². The molecule has 1 atom stereocenters. The fourth-order valence-corrected chi connectivity index (χ4v) is 2.31. The molecule has 0 aliphatic carbocycles. The normalized spacial score (nSPS) is 18.6. The summed E-state index contributed by atoms with van der Waals surface area (Å²) >= 11 is 0. The van der Waals surface area contributed by atoms with E-state index in [0.29, 0.717) is 19.8 Å². The number of aromatic carboxylic acids is 1. The molecule has 0 radical (unpaired) electrons. The summed E-state index contributed by atoms with van der Waals surface area (Å²) in [4.78, 5) is 25.1. The van der Waals surface area contributed by atoms with Crippen molar-refractivity contribution >= 4 is 17.6 Å². The van der Waals surface area contributed by atoms with E-state index in [1.54, 1.807) is 24.3 Å². The highest BCUT2D eigenvalue weighted by atomic mass is 16.5. The van der Waals surface area contributed by atoms with Crippen LogP contribution in [0.25, 0.3) is 0 Å². The predicted octanol–water partition coefficient (Wildman–Crippen LogP) is 1.11. The third-order valence-corrected chi connectivity index (χ3v) is 3.31. The molecule has 2 N–H and O–H groups in total. The van der Waals surface area contributed by atoms with Crippen molar-refractivity contribution in [2.24, 2.45) is 0 Å². The lowest BCUT2D eigenvalue weighted by molar-refractivity contribution is -0.125. The highest BCUT2D eigenvalue weighted by molar-refractivity contribution is 5.89. The first-order chi connectivity index (χ1) is 9.99. The Kier molecular flexibility index (Phi) is 4.80. The largest absolute Gasteiger partial charge is 0.478 e. The number of carboxylic acid groups (broad SMARTS) is 1. The molecule has 1 fully saturated rings. The van der Waals surface area contributed by atoms with Gasteiger partial charge in [0.05, 0.1) is 18.8 Å². The third kappa shape index (κ3) is 3.72. The molecule has 0 saturated carbocycles. The van der Waals surface area contributed by atoms with Crippen LogP contribution in [-0.2, 0) is 9.53 Å². The Morgan fingerprint density at radius 1 is 1.33 bits per heavy atom. The highest BCUT2D eigenvalue weighted by Gasteiger charge is 2.29. The van der Waals surface area contributed by atoms with Gasteiger partial charge in [0.15, 0.2) is 0 Å². The number of hydrogen-bond acceptors (Lipinski definition) is 4. The van der Waals surface area contributed by atoms with Gasteiger partial charge in [-0.3, -0.25) is 4.79 Å². The first kappa shape index (κ1) is 15.3. The molecule has 1 aromatic carbocycles. The number of morpholine rings is 1. The molecule has 0 aromatic heterocycles. The Morgan fingerprint density at radius 3 is 2.57 bits per heavy atom. The molecule has 1 heterocycles. The van der Waals surface area contributed by atoms with Crippen LogP contribution < -0.4 is 10.2 Å². The number of ether oxygens (including phenoxy) is 1. The van der Waals surface area contributed by atoms with Gasteiger partial charge in [0.1, 0.15) is 6.04 Å². The molecule has 6 heteroatoms. The Morgan fingerprint density at radius 2 is 2.00 bits per heavy atom. The molecule has 0 bridgehead atoms. The molecule has 1 aliphatic heterocycles. The third-order valence-electron chi connectivity index (χ3n) is 3.31. The van der Waals surface area contributed by atoms with Crippen LogP contribution >= 0.6 is 0 Å². The second-order valence-corrected chi connectivity index (χ2v) is 5.30. The van der Waals surface area contributed by atoms with E-state index < -0.39 is 12.0 Å². The fourth-order valence-electron chi connectivity index (χ4n) is 2.31. The minimum atomic E-state index is -0.961. The van der Waals surface area contributed by atoms with Crippen LogP contribution in [0.5, 0.6) is 0 Å². The molecular formula is C15H20N2O4. The molecule has 114 valence electrons. The van der Waals surface area contributed by atoms with Gasteiger partial charge in [-0.2, -0.15) is 0 Å². The second-order valence-electron chi connectivity index (χ2n) is 5.30. The summed E-state index contributed by atoms with van der Waals surface area (Å²) in [6.45, 7) is 5.30. The monoisotopic (exact) mass is 292 g/mol. The molecule has 1 amide bonds. The quantitative estimate of drug-likeness (QED) is 0.869. The van der Waals surface area contributed by atoms with E-state index in [9.17, 15) is 9.59 Å². The van der Waals surface area contributed by atoms with Crippen LogP contribution in [0.4, 0.5) is 5.69 Å². The number of benzene rings is 1. The summed E-state index contributed by atoms with van der Waals surface area (Å²) in [5.41, 5.74) is 1.06. The molecule has 1 aromatic rings. The summed E-state index contributed by atoms with van der Waals surface area (Å²) < 4.78 is 5.40. The summed E-state index contributed by atoms with van der Waals surface area (Å²) in [6, 6.07) is 6.22. The van der Waals surface area contributed by atoms with Gasteiger partial charge in [-0.05, 0) is 38.1 Å². The number of anilines is 1. The molecule has 1 unspecified atom stereocenters. The van der Waals surface area contributed by atoms with E-state index in [0.717, 1.165) is 5.69 Å². The lowest BCUT2D eigenvalue weighted by Gasteiger charge is -2.36. The van der Waals surface area contributed by atoms with Gasteiger partial charge in [-0.15, -0.1) is 0 Å². The number of amides is 1. The smallest absolute Gasteiger partial charge is 0.335 e. The van der Waals surface area contributed by atoms with E-state index in [-0.39, 0.29) is 17.5 Å². The summed E-state index contributed by atoms with van der Waals surface area (Å²) in [5.74, 6) is -1.04. The van der Waals surface area contributed by atoms with E-state index in [4.69, 9.17) is 9.84 Å². The van der Waals surface area contributed by atoms with Crippen molar-refractivity contribution in [1.82, 2.24) is 5.32 Å². The zero-order chi connectivity index (χ0) is 15.4. The van der Waals surface area contributed by atoms with Crippen LogP contribution in [0.15, 0.2) is 24.3 Å².